The number of likely N-dealkylation sites (N-methyl/N-ethyl adjacent to an activating group) is 1. The number of hydrogen-bond donors (Lipinski definition) is 1. The SMILES string of the molecule is Cc1ccc(CC2(O)CCCN(C)C2)c(Cl)c1. The van der Waals surface area contributed by atoms with Crippen molar-refractivity contribution in [2.75, 3.05) is 20.1 Å². The molecule has 0 radical (unpaired) electrons. The van der Waals surface area contributed by atoms with Crippen molar-refractivity contribution in [3.05, 3.63) is 34.3 Å². The summed E-state index contributed by atoms with van der Waals surface area (Å²) in [5.74, 6) is 0. The highest BCUT2D eigenvalue weighted by molar-refractivity contribution is 6.31. The molecule has 1 atom stereocenters. The standard InChI is InChI=1S/C14H20ClNO/c1-11-4-5-12(13(15)8-11)9-14(17)6-3-7-16(2)10-14/h4-5,8,17H,3,6-7,9-10H2,1-2H3. The fourth-order valence-corrected chi connectivity index (χ4v) is 2.93. The number of benzene rings is 1. The van der Waals surface area contributed by atoms with Crippen LogP contribution in [0.2, 0.25) is 5.02 Å². The largest absolute Gasteiger partial charge is 0.388 e. The predicted molar refractivity (Wildman–Crippen MR) is 71.6 cm³/mol. The second kappa shape index (κ2) is 4.97. The lowest BCUT2D eigenvalue weighted by atomic mass is 9.86. The van der Waals surface area contributed by atoms with Crippen molar-refractivity contribution in [2.24, 2.45) is 0 Å². The van der Waals surface area contributed by atoms with E-state index in [4.69, 9.17) is 11.6 Å². The third kappa shape index (κ3) is 3.21. The van der Waals surface area contributed by atoms with Crippen molar-refractivity contribution in [1.29, 1.82) is 0 Å². The summed E-state index contributed by atoms with van der Waals surface area (Å²) in [6, 6.07) is 6.05. The Morgan fingerprint density at radius 3 is 2.88 bits per heavy atom. The van der Waals surface area contributed by atoms with Gasteiger partial charge in [0.15, 0.2) is 0 Å². The molecule has 17 heavy (non-hydrogen) atoms. The van der Waals surface area contributed by atoms with Crippen LogP contribution in [-0.4, -0.2) is 35.7 Å². The summed E-state index contributed by atoms with van der Waals surface area (Å²) in [4.78, 5) is 2.19. The highest BCUT2D eigenvalue weighted by Crippen LogP contribution is 2.28. The van der Waals surface area contributed by atoms with Gasteiger partial charge in [-0.1, -0.05) is 23.7 Å². The first-order chi connectivity index (χ1) is 7.98. The van der Waals surface area contributed by atoms with Crippen LogP contribution >= 0.6 is 11.6 Å². The summed E-state index contributed by atoms with van der Waals surface area (Å²) in [5, 5.41) is 11.4. The van der Waals surface area contributed by atoms with Gasteiger partial charge in [0.2, 0.25) is 0 Å². The van der Waals surface area contributed by atoms with Gasteiger partial charge in [0.1, 0.15) is 0 Å². The Hall–Kier alpha value is -0.570. The van der Waals surface area contributed by atoms with Gasteiger partial charge in [0.05, 0.1) is 5.60 Å². The molecule has 0 amide bonds. The summed E-state index contributed by atoms with van der Waals surface area (Å²) < 4.78 is 0. The maximum absolute atomic E-state index is 10.6. The van der Waals surface area contributed by atoms with E-state index in [1.165, 1.54) is 0 Å². The number of β-amino-alcohol motifs (C(OH)–C–C–N with tert-alkyl or cyclic N) is 1. The molecule has 1 N–H and O–H groups in total. The highest BCUT2D eigenvalue weighted by atomic mass is 35.5. The molecule has 2 nitrogen and oxygen atoms in total. The fraction of sp³-hybridized carbons (Fsp3) is 0.571. The molecule has 1 saturated heterocycles. The van der Waals surface area contributed by atoms with Crippen LogP contribution < -0.4 is 0 Å². The minimum Gasteiger partial charge on any atom is -0.388 e. The van der Waals surface area contributed by atoms with Crippen molar-refractivity contribution in [2.45, 2.75) is 31.8 Å². The van der Waals surface area contributed by atoms with E-state index in [9.17, 15) is 5.11 Å². The van der Waals surface area contributed by atoms with Gasteiger partial charge in [-0.25, -0.2) is 0 Å². The lowest BCUT2D eigenvalue weighted by Gasteiger charge is -2.37. The molecule has 0 aromatic heterocycles. The molecule has 1 heterocycles. The highest BCUT2D eigenvalue weighted by Gasteiger charge is 2.32. The molecule has 2 rings (SSSR count). The Bertz CT molecular complexity index is 407. The molecule has 1 unspecified atom stereocenters. The maximum Gasteiger partial charge on any atom is 0.0815 e. The molecule has 0 bridgehead atoms. The average molecular weight is 254 g/mol. The zero-order valence-electron chi connectivity index (χ0n) is 10.5. The van der Waals surface area contributed by atoms with Crippen molar-refractivity contribution in [3.8, 4) is 0 Å². The molecule has 1 aliphatic heterocycles. The smallest absolute Gasteiger partial charge is 0.0815 e. The van der Waals surface area contributed by atoms with Gasteiger partial charge >= 0.3 is 0 Å². The van der Waals surface area contributed by atoms with Crippen molar-refractivity contribution < 1.29 is 5.11 Å². The van der Waals surface area contributed by atoms with Gasteiger partial charge in [0.25, 0.3) is 0 Å². The van der Waals surface area contributed by atoms with Gasteiger partial charge in [-0.15, -0.1) is 0 Å². The fourth-order valence-electron chi connectivity index (χ4n) is 2.63. The van der Waals surface area contributed by atoms with Crippen LogP contribution in [0.1, 0.15) is 24.0 Å². The molecule has 1 aromatic rings. The van der Waals surface area contributed by atoms with E-state index in [2.05, 4.69) is 18.0 Å². The summed E-state index contributed by atoms with van der Waals surface area (Å²) in [6.07, 6.45) is 2.56. The molecule has 1 aromatic carbocycles. The van der Waals surface area contributed by atoms with Crippen LogP contribution in [0.25, 0.3) is 0 Å². The Morgan fingerprint density at radius 2 is 2.24 bits per heavy atom. The molecular weight excluding hydrogens is 234 g/mol. The molecular formula is C14H20ClNO. The Kier molecular flexibility index (Phi) is 3.76. The number of halogens is 1. The predicted octanol–water partition coefficient (Wildman–Crippen LogP) is 2.65. The van der Waals surface area contributed by atoms with E-state index in [0.29, 0.717) is 6.42 Å². The van der Waals surface area contributed by atoms with Crippen LogP contribution in [-0.2, 0) is 6.42 Å². The molecule has 0 aliphatic carbocycles. The third-order valence-electron chi connectivity index (χ3n) is 3.47. The summed E-state index contributed by atoms with van der Waals surface area (Å²) in [7, 11) is 2.06. The first-order valence-electron chi connectivity index (χ1n) is 6.14. The summed E-state index contributed by atoms with van der Waals surface area (Å²) in [5.41, 5.74) is 1.59. The van der Waals surface area contributed by atoms with Crippen LogP contribution in [0.5, 0.6) is 0 Å². The second-order valence-corrected chi connectivity index (χ2v) is 5.74. The number of piperidine rings is 1. The van der Waals surface area contributed by atoms with Gasteiger partial charge < -0.3 is 10.0 Å². The maximum atomic E-state index is 10.6. The van der Waals surface area contributed by atoms with Crippen LogP contribution in [0.4, 0.5) is 0 Å². The number of rotatable bonds is 2. The molecule has 3 heteroatoms. The van der Waals surface area contributed by atoms with Crippen molar-refractivity contribution in [1.82, 2.24) is 4.90 Å². The van der Waals surface area contributed by atoms with Gasteiger partial charge in [-0.2, -0.15) is 0 Å². The molecule has 1 fully saturated rings. The first-order valence-corrected chi connectivity index (χ1v) is 6.52. The minimum atomic E-state index is -0.619. The molecule has 0 saturated carbocycles. The van der Waals surface area contributed by atoms with E-state index in [1.54, 1.807) is 0 Å². The summed E-state index contributed by atoms with van der Waals surface area (Å²) >= 11 is 6.22. The summed E-state index contributed by atoms with van der Waals surface area (Å²) in [6.45, 7) is 3.83. The Balaban J connectivity index is 2.14. The molecule has 94 valence electrons. The van der Waals surface area contributed by atoms with Crippen molar-refractivity contribution >= 4 is 11.6 Å². The second-order valence-electron chi connectivity index (χ2n) is 5.34. The monoisotopic (exact) mass is 253 g/mol. The van der Waals surface area contributed by atoms with Gasteiger partial charge in [-0.3, -0.25) is 0 Å². The third-order valence-corrected chi connectivity index (χ3v) is 3.83. The van der Waals surface area contributed by atoms with Crippen LogP contribution in [0.15, 0.2) is 18.2 Å². The molecule has 1 aliphatic rings. The van der Waals surface area contributed by atoms with Gasteiger partial charge in [0, 0.05) is 18.0 Å². The van der Waals surface area contributed by atoms with Crippen LogP contribution in [0, 0.1) is 6.92 Å². The number of aryl methyl sites for hydroxylation is 1. The Morgan fingerprint density at radius 1 is 1.47 bits per heavy atom. The Labute approximate surface area is 108 Å². The van der Waals surface area contributed by atoms with E-state index in [0.717, 1.165) is 42.1 Å². The normalized spacial score (nSPS) is 26.1. The van der Waals surface area contributed by atoms with Crippen molar-refractivity contribution in [3.63, 3.8) is 0 Å². The topological polar surface area (TPSA) is 23.5 Å². The van der Waals surface area contributed by atoms with E-state index in [1.807, 2.05) is 19.1 Å². The number of nitrogens with zero attached hydrogens (tertiary/aromatic N) is 1. The minimum absolute atomic E-state index is 0.619. The number of hydrogen-bond acceptors (Lipinski definition) is 2. The van der Waals surface area contributed by atoms with Crippen LogP contribution in [0.3, 0.4) is 0 Å². The number of likely N-dealkylation sites (tertiary alicyclic amines) is 1. The van der Waals surface area contributed by atoms with E-state index in [-0.39, 0.29) is 0 Å². The first kappa shape index (κ1) is 12.9. The zero-order valence-corrected chi connectivity index (χ0v) is 11.3. The van der Waals surface area contributed by atoms with Gasteiger partial charge in [-0.05, 0) is 50.6 Å². The van der Waals surface area contributed by atoms with E-state index < -0.39 is 5.60 Å². The zero-order chi connectivity index (χ0) is 12.5. The van der Waals surface area contributed by atoms with E-state index >= 15 is 0 Å². The lowest BCUT2D eigenvalue weighted by molar-refractivity contribution is -0.0223. The quantitative estimate of drug-likeness (QED) is 0.876. The molecule has 0 spiro atoms. The average Bonchev–Trinajstić information content (AvgIpc) is 2.22. The lowest BCUT2D eigenvalue weighted by Crippen LogP contribution is -2.47. The number of aliphatic hydroxyl groups is 1.